The molecular weight excluding hydrogens is 368 g/mol. The lowest BCUT2D eigenvalue weighted by atomic mass is 9.90. The van der Waals surface area contributed by atoms with Crippen LogP contribution in [0.2, 0.25) is 0 Å². The van der Waals surface area contributed by atoms with Crippen molar-refractivity contribution >= 4 is 48.2 Å². The zero-order valence-electron chi connectivity index (χ0n) is 13.5. The van der Waals surface area contributed by atoms with Crippen molar-refractivity contribution in [3.63, 3.8) is 0 Å². The first-order chi connectivity index (χ1) is 12.3. The molecule has 0 nitrogen and oxygen atoms in total. The van der Waals surface area contributed by atoms with Crippen molar-refractivity contribution < 1.29 is 0 Å². The molecule has 1 heteroatoms. The van der Waals surface area contributed by atoms with Crippen LogP contribution in [0.5, 0.6) is 0 Å². The Balaban J connectivity index is 2.01. The summed E-state index contributed by atoms with van der Waals surface area (Å²) in [5.41, 5.74) is 2.56. The number of fused-ring (bicyclic) bond motifs is 4. The fourth-order valence-corrected chi connectivity index (χ4v) is 4.01. The highest BCUT2D eigenvalue weighted by molar-refractivity contribution is 9.10. The van der Waals surface area contributed by atoms with E-state index in [1.807, 2.05) is 0 Å². The summed E-state index contributed by atoms with van der Waals surface area (Å²) in [4.78, 5) is 0. The lowest BCUT2D eigenvalue weighted by molar-refractivity contribution is 1.64. The van der Waals surface area contributed by atoms with E-state index in [-0.39, 0.29) is 0 Å². The van der Waals surface area contributed by atoms with Crippen LogP contribution in [0.15, 0.2) is 95.5 Å². The van der Waals surface area contributed by atoms with Gasteiger partial charge in [0.05, 0.1) is 0 Å². The van der Waals surface area contributed by atoms with Gasteiger partial charge in [-0.3, -0.25) is 0 Å². The van der Waals surface area contributed by atoms with E-state index in [1.54, 1.807) is 0 Å². The molecule has 0 fully saturated rings. The van der Waals surface area contributed by atoms with Crippen LogP contribution in [-0.4, -0.2) is 0 Å². The first kappa shape index (κ1) is 14.7. The number of rotatable bonds is 1. The molecule has 0 amide bonds. The summed E-state index contributed by atoms with van der Waals surface area (Å²) in [6.45, 7) is 0. The fraction of sp³-hybridized carbons (Fsp3) is 0. The number of hydrogen-bond donors (Lipinski definition) is 0. The molecule has 0 bridgehead atoms. The van der Waals surface area contributed by atoms with Gasteiger partial charge in [0.25, 0.3) is 0 Å². The van der Waals surface area contributed by atoms with Gasteiger partial charge in [-0.2, -0.15) is 0 Å². The normalized spacial score (nSPS) is 11.4. The summed E-state index contributed by atoms with van der Waals surface area (Å²) >= 11 is 3.55. The molecule has 0 N–H and O–H groups in total. The lowest BCUT2D eigenvalue weighted by Gasteiger charge is -2.14. The maximum Gasteiger partial charge on any atom is 0.0175 e. The summed E-state index contributed by atoms with van der Waals surface area (Å²) in [6.07, 6.45) is 0. The minimum atomic E-state index is 1.10. The Morgan fingerprint density at radius 2 is 1.16 bits per heavy atom. The van der Waals surface area contributed by atoms with E-state index < -0.39 is 0 Å². The van der Waals surface area contributed by atoms with Gasteiger partial charge in [-0.25, -0.2) is 0 Å². The van der Waals surface area contributed by atoms with Crippen LogP contribution >= 0.6 is 15.9 Å². The van der Waals surface area contributed by atoms with Crippen molar-refractivity contribution in [2.75, 3.05) is 0 Å². The maximum atomic E-state index is 3.55. The average molecular weight is 383 g/mol. The van der Waals surface area contributed by atoms with E-state index in [0.717, 1.165) is 4.47 Å². The van der Waals surface area contributed by atoms with Crippen molar-refractivity contribution in [3.05, 3.63) is 95.5 Å². The number of hydrogen-bond acceptors (Lipinski definition) is 0. The quantitative estimate of drug-likeness (QED) is 0.207. The molecule has 0 aliphatic rings. The SMILES string of the molecule is Brc1ccc(-c2c3ccccc3cc3c2ccc2ccccc23)cc1. The van der Waals surface area contributed by atoms with Crippen molar-refractivity contribution in [2.24, 2.45) is 0 Å². The third-order valence-corrected chi connectivity index (χ3v) is 5.43. The van der Waals surface area contributed by atoms with Crippen LogP contribution in [0.4, 0.5) is 0 Å². The summed E-state index contributed by atoms with van der Waals surface area (Å²) in [6, 6.07) is 32.7. The van der Waals surface area contributed by atoms with Gasteiger partial charge in [0.15, 0.2) is 0 Å². The van der Waals surface area contributed by atoms with Crippen LogP contribution < -0.4 is 0 Å². The first-order valence-electron chi connectivity index (χ1n) is 8.40. The Bertz CT molecular complexity index is 1230. The zero-order valence-corrected chi connectivity index (χ0v) is 15.1. The average Bonchev–Trinajstić information content (AvgIpc) is 2.67. The molecule has 0 aliphatic carbocycles. The molecule has 5 aromatic rings. The van der Waals surface area contributed by atoms with Gasteiger partial charge in [0.1, 0.15) is 0 Å². The molecule has 0 saturated carbocycles. The zero-order chi connectivity index (χ0) is 16.8. The molecule has 118 valence electrons. The van der Waals surface area contributed by atoms with Crippen molar-refractivity contribution in [3.8, 4) is 11.1 Å². The van der Waals surface area contributed by atoms with Gasteiger partial charge in [-0.1, -0.05) is 88.7 Å². The van der Waals surface area contributed by atoms with Crippen molar-refractivity contribution in [1.82, 2.24) is 0 Å². The third-order valence-electron chi connectivity index (χ3n) is 4.90. The monoisotopic (exact) mass is 382 g/mol. The van der Waals surface area contributed by atoms with E-state index in [9.17, 15) is 0 Å². The fourth-order valence-electron chi connectivity index (χ4n) is 3.75. The summed E-state index contributed by atoms with van der Waals surface area (Å²) in [5, 5.41) is 7.79. The summed E-state index contributed by atoms with van der Waals surface area (Å²) in [5.74, 6) is 0. The Hall–Kier alpha value is -2.64. The molecular formula is C24H15Br. The second-order valence-corrected chi connectivity index (χ2v) is 7.28. The van der Waals surface area contributed by atoms with Crippen LogP contribution in [0.1, 0.15) is 0 Å². The van der Waals surface area contributed by atoms with Gasteiger partial charge >= 0.3 is 0 Å². The van der Waals surface area contributed by atoms with Gasteiger partial charge < -0.3 is 0 Å². The highest BCUT2D eigenvalue weighted by Gasteiger charge is 2.11. The molecule has 0 spiro atoms. The Morgan fingerprint density at radius 3 is 1.96 bits per heavy atom. The smallest absolute Gasteiger partial charge is 0.0175 e. The van der Waals surface area contributed by atoms with Crippen LogP contribution in [0.3, 0.4) is 0 Å². The first-order valence-corrected chi connectivity index (χ1v) is 9.20. The van der Waals surface area contributed by atoms with E-state index in [4.69, 9.17) is 0 Å². The molecule has 0 aromatic heterocycles. The summed E-state index contributed by atoms with van der Waals surface area (Å²) in [7, 11) is 0. The van der Waals surface area contributed by atoms with Crippen molar-refractivity contribution in [2.45, 2.75) is 0 Å². The molecule has 25 heavy (non-hydrogen) atoms. The van der Waals surface area contributed by atoms with E-state index >= 15 is 0 Å². The van der Waals surface area contributed by atoms with Gasteiger partial charge in [0.2, 0.25) is 0 Å². The minimum absolute atomic E-state index is 1.10. The topological polar surface area (TPSA) is 0 Å². The Labute approximate surface area is 154 Å². The van der Waals surface area contributed by atoms with Gasteiger partial charge in [0, 0.05) is 4.47 Å². The molecule has 5 aromatic carbocycles. The maximum absolute atomic E-state index is 3.55. The van der Waals surface area contributed by atoms with Crippen LogP contribution in [-0.2, 0) is 0 Å². The molecule has 0 aliphatic heterocycles. The highest BCUT2D eigenvalue weighted by atomic mass is 79.9. The lowest BCUT2D eigenvalue weighted by Crippen LogP contribution is -1.87. The minimum Gasteiger partial charge on any atom is -0.0616 e. The number of benzene rings is 5. The number of halogens is 1. The van der Waals surface area contributed by atoms with E-state index in [2.05, 4.69) is 107 Å². The predicted octanol–water partition coefficient (Wildman–Crippen LogP) is 7.58. The standard InChI is InChI=1S/C24H15Br/c25-19-12-9-17(10-13-19)24-21-8-4-2-6-18(21)15-23-20-7-3-1-5-16(20)11-14-22(23)24/h1-15H. The van der Waals surface area contributed by atoms with Gasteiger partial charge in [-0.05, 0) is 61.6 Å². The van der Waals surface area contributed by atoms with Crippen LogP contribution in [0.25, 0.3) is 43.4 Å². The van der Waals surface area contributed by atoms with Gasteiger partial charge in [-0.15, -0.1) is 0 Å². The third kappa shape index (κ3) is 2.35. The molecule has 0 saturated heterocycles. The predicted molar refractivity (Wildman–Crippen MR) is 112 cm³/mol. The van der Waals surface area contributed by atoms with Crippen molar-refractivity contribution in [1.29, 1.82) is 0 Å². The Morgan fingerprint density at radius 1 is 0.480 bits per heavy atom. The molecule has 0 atom stereocenters. The van der Waals surface area contributed by atoms with Crippen LogP contribution in [0, 0.1) is 0 Å². The largest absolute Gasteiger partial charge is 0.0616 e. The summed E-state index contributed by atoms with van der Waals surface area (Å²) < 4.78 is 1.10. The second-order valence-electron chi connectivity index (χ2n) is 6.36. The molecule has 0 unspecified atom stereocenters. The van der Waals surface area contributed by atoms with E-state index in [0.29, 0.717) is 0 Å². The second kappa shape index (κ2) is 5.72. The molecule has 5 rings (SSSR count). The molecule has 0 radical (unpaired) electrons. The Kier molecular flexibility index (Phi) is 3.36. The van der Waals surface area contributed by atoms with E-state index in [1.165, 1.54) is 43.4 Å². The molecule has 0 heterocycles. The highest BCUT2D eigenvalue weighted by Crippen LogP contribution is 2.39.